The third-order valence-electron chi connectivity index (χ3n) is 6.44. The molecular weight excluding hydrogens is 572 g/mol. The Bertz CT molecular complexity index is 1370. The molecule has 0 aromatic heterocycles. The van der Waals surface area contributed by atoms with E-state index >= 15 is 0 Å². The van der Waals surface area contributed by atoms with E-state index < -0.39 is 66.6 Å². The van der Waals surface area contributed by atoms with Crippen LogP contribution in [0.15, 0.2) is 42.5 Å². The largest absolute Gasteiger partial charge is 0.463 e. The highest BCUT2D eigenvalue weighted by Gasteiger charge is 2.60. The Hall–Kier alpha value is -3.95. The van der Waals surface area contributed by atoms with Crippen molar-refractivity contribution in [2.45, 2.75) is 70.4 Å². The monoisotopic (exact) mass is 602 g/mol. The van der Waals surface area contributed by atoms with Crippen molar-refractivity contribution in [1.29, 1.82) is 0 Å². The number of carbonyl (C=O) groups excluding carboxylic acids is 4. The second-order valence-corrected chi connectivity index (χ2v) is 9.98. The van der Waals surface area contributed by atoms with Crippen molar-refractivity contribution in [2.24, 2.45) is 0 Å². The molecule has 1 aliphatic rings. The van der Waals surface area contributed by atoms with Gasteiger partial charge in [-0.1, -0.05) is 47.9 Å². The average molecular weight is 603 g/mol. The first-order valence-electron chi connectivity index (χ1n) is 12.8. The van der Waals surface area contributed by atoms with Crippen LogP contribution in [-0.4, -0.2) is 65.1 Å². The minimum Gasteiger partial charge on any atom is -0.463 e. The summed E-state index contributed by atoms with van der Waals surface area (Å²) < 4.78 is 27.3. The van der Waals surface area contributed by atoms with Gasteiger partial charge < -0.3 is 33.9 Å². The first kappa shape index (κ1) is 32.6. The molecule has 2 N–H and O–H groups in total. The standard InChI is InChI=1S/C30H31ClO11/c1-6-23(21-9-7-20(14-32)8-10-21)24-13-22(11-12-25(24)31)30(37)29(41-19(5)36)28(40-18(4)35)27(39-17(3)34)26(42-30)15-38-16(2)33/h1,7-13,23,26-29,32,37H,14-15H2,2-5H3/t23?,26-,27-,28+,29-,30+/m1/s1. The third-order valence-corrected chi connectivity index (χ3v) is 6.78. The van der Waals surface area contributed by atoms with Gasteiger partial charge >= 0.3 is 23.9 Å². The Balaban J connectivity index is 2.20. The molecule has 11 nitrogen and oxygen atoms in total. The van der Waals surface area contributed by atoms with E-state index in [0.717, 1.165) is 27.7 Å². The van der Waals surface area contributed by atoms with Crippen LogP contribution in [0, 0.1) is 12.3 Å². The Morgan fingerprint density at radius 1 is 0.952 bits per heavy atom. The lowest BCUT2D eigenvalue weighted by Gasteiger charge is -2.48. The molecule has 0 bridgehead atoms. The molecule has 3 rings (SSSR count). The van der Waals surface area contributed by atoms with Crippen molar-refractivity contribution in [3.8, 4) is 12.3 Å². The van der Waals surface area contributed by atoms with Crippen LogP contribution in [-0.2, 0) is 55.3 Å². The van der Waals surface area contributed by atoms with Gasteiger partial charge in [0.1, 0.15) is 12.7 Å². The van der Waals surface area contributed by atoms with Crippen molar-refractivity contribution in [3.63, 3.8) is 0 Å². The summed E-state index contributed by atoms with van der Waals surface area (Å²) in [6.07, 6.45) is -0.307. The van der Waals surface area contributed by atoms with Crippen LogP contribution in [0.2, 0.25) is 5.02 Å². The Kier molecular flexibility index (Phi) is 10.7. The number of hydrogen-bond acceptors (Lipinski definition) is 11. The summed E-state index contributed by atoms with van der Waals surface area (Å²) in [5.41, 5.74) is 1.68. The maximum Gasteiger partial charge on any atom is 0.303 e. The van der Waals surface area contributed by atoms with E-state index in [1.165, 1.54) is 18.2 Å². The summed E-state index contributed by atoms with van der Waals surface area (Å²) >= 11 is 6.55. The van der Waals surface area contributed by atoms with E-state index in [1.807, 2.05) is 0 Å². The minimum absolute atomic E-state index is 0.00775. The molecule has 1 saturated heterocycles. The summed E-state index contributed by atoms with van der Waals surface area (Å²) in [5, 5.41) is 21.8. The Labute approximate surface area is 247 Å². The van der Waals surface area contributed by atoms with Gasteiger partial charge in [0.2, 0.25) is 11.9 Å². The molecule has 1 fully saturated rings. The quantitative estimate of drug-likeness (QED) is 0.247. The number of ether oxygens (including phenoxy) is 5. The van der Waals surface area contributed by atoms with Crippen LogP contribution in [0.3, 0.4) is 0 Å². The number of aliphatic hydroxyl groups is 2. The molecule has 224 valence electrons. The van der Waals surface area contributed by atoms with Gasteiger partial charge in [0, 0.05) is 38.3 Å². The van der Waals surface area contributed by atoms with Gasteiger partial charge in [-0.05, 0) is 28.8 Å². The fourth-order valence-electron chi connectivity index (χ4n) is 4.68. The maximum absolute atomic E-state index is 12.2. The predicted octanol–water partition coefficient (Wildman–Crippen LogP) is 2.50. The lowest BCUT2D eigenvalue weighted by atomic mass is 9.84. The number of benzene rings is 2. The molecule has 1 unspecified atom stereocenters. The number of aliphatic hydroxyl groups excluding tert-OH is 1. The van der Waals surface area contributed by atoms with Crippen molar-refractivity contribution in [1.82, 2.24) is 0 Å². The molecule has 1 aliphatic heterocycles. The fraction of sp³-hybridized carbons (Fsp3) is 0.400. The molecule has 6 atom stereocenters. The highest BCUT2D eigenvalue weighted by Crippen LogP contribution is 2.43. The molecule has 2 aromatic carbocycles. The van der Waals surface area contributed by atoms with Gasteiger partial charge in [-0.15, -0.1) is 6.42 Å². The molecule has 1 heterocycles. The van der Waals surface area contributed by atoms with E-state index in [1.54, 1.807) is 24.3 Å². The first-order valence-corrected chi connectivity index (χ1v) is 13.2. The molecule has 0 radical (unpaired) electrons. The van der Waals surface area contributed by atoms with E-state index in [9.17, 15) is 29.4 Å². The summed E-state index contributed by atoms with van der Waals surface area (Å²) in [6, 6.07) is 11.1. The lowest BCUT2D eigenvalue weighted by Crippen LogP contribution is -2.66. The van der Waals surface area contributed by atoms with Gasteiger partial charge in [-0.3, -0.25) is 19.2 Å². The van der Waals surface area contributed by atoms with Crippen LogP contribution in [0.5, 0.6) is 0 Å². The highest BCUT2D eigenvalue weighted by atomic mass is 35.5. The molecule has 0 amide bonds. The number of hydrogen-bond donors (Lipinski definition) is 2. The summed E-state index contributed by atoms with van der Waals surface area (Å²) in [4.78, 5) is 48.0. The predicted molar refractivity (Wildman–Crippen MR) is 147 cm³/mol. The maximum atomic E-state index is 12.2. The second kappa shape index (κ2) is 13.8. The van der Waals surface area contributed by atoms with Crippen molar-refractivity contribution in [2.75, 3.05) is 6.61 Å². The lowest BCUT2D eigenvalue weighted by molar-refractivity contribution is -0.360. The van der Waals surface area contributed by atoms with Crippen LogP contribution in [0.1, 0.15) is 55.9 Å². The van der Waals surface area contributed by atoms with Gasteiger partial charge in [0.15, 0.2) is 12.2 Å². The number of terminal acetylenes is 1. The van der Waals surface area contributed by atoms with Crippen LogP contribution < -0.4 is 0 Å². The summed E-state index contributed by atoms with van der Waals surface area (Å²) in [5.74, 6) is -3.84. The number of esters is 4. The first-order chi connectivity index (χ1) is 19.8. The third kappa shape index (κ3) is 7.46. The van der Waals surface area contributed by atoms with Crippen molar-refractivity contribution < 1.29 is 53.1 Å². The summed E-state index contributed by atoms with van der Waals surface area (Å²) in [6.45, 7) is 3.68. The van der Waals surface area contributed by atoms with Gasteiger partial charge in [-0.2, -0.15) is 0 Å². The molecule has 12 heteroatoms. The zero-order valence-electron chi connectivity index (χ0n) is 23.4. The highest BCUT2D eigenvalue weighted by molar-refractivity contribution is 6.31. The van der Waals surface area contributed by atoms with E-state index in [2.05, 4.69) is 5.92 Å². The number of halogens is 1. The zero-order chi connectivity index (χ0) is 31.2. The normalized spacial score (nSPS) is 24.0. The average Bonchev–Trinajstić information content (AvgIpc) is 2.92. The Morgan fingerprint density at radius 3 is 2.07 bits per heavy atom. The van der Waals surface area contributed by atoms with E-state index in [0.29, 0.717) is 16.7 Å². The van der Waals surface area contributed by atoms with Crippen LogP contribution in [0.25, 0.3) is 0 Å². The van der Waals surface area contributed by atoms with Gasteiger partial charge in [-0.25, -0.2) is 0 Å². The van der Waals surface area contributed by atoms with Gasteiger partial charge in [0.05, 0.1) is 12.5 Å². The van der Waals surface area contributed by atoms with E-state index in [4.69, 9.17) is 41.7 Å². The number of rotatable bonds is 9. The van der Waals surface area contributed by atoms with Gasteiger partial charge in [0.25, 0.3) is 0 Å². The Morgan fingerprint density at radius 2 is 1.55 bits per heavy atom. The van der Waals surface area contributed by atoms with Crippen molar-refractivity contribution in [3.05, 3.63) is 69.7 Å². The topological polar surface area (TPSA) is 155 Å². The summed E-state index contributed by atoms with van der Waals surface area (Å²) in [7, 11) is 0. The molecule has 0 aliphatic carbocycles. The fourth-order valence-corrected chi connectivity index (χ4v) is 4.91. The van der Waals surface area contributed by atoms with Crippen LogP contribution in [0.4, 0.5) is 0 Å². The van der Waals surface area contributed by atoms with Crippen LogP contribution >= 0.6 is 11.6 Å². The minimum atomic E-state index is -2.55. The molecule has 0 saturated carbocycles. The van der Waals surface area contributed by atoms with Crippen molar-refractivity contribution >= 4 is 35.5 Å². The molecule has 0 spiro atoms. The smallest absolute Gasteiger partial charge is 0.303 e. The molecule has 42 heavy (non-hydrogen) atoms. The number of carbonyl (C=O) groups is 4. The molecule has 2 aromatic rings. The second-order valence-electron chi connectivity index (χ2n) is 9.57. The zero-order valence-corrected chi connectivity index (χ0v) is 24.1. The molecular formula is C30H31ClO11. The van der Waals surface area contributed by atoms with E-state index in [-0.39, 0.29) is 17.2 Å². The SMILES string of the molecule is C#CC(c1ccc(CO)cc1)c1cc([C@]2(O)O[C@H](COC(C)=O)[C@@H](OC(C)=O)[C@H](OC(C)=O)[C@H]2OC(C)=O)ccc1Cl.